The van der Waals surface area contributed by atoms with Crippen molar-refractivity contribution in [2.75, 3.05) is 11.9 Å². The largest absolute Gasteiger partial charge is 0.439 e. The van der Waals surface area contributed by atoms with Gasteiger partial charge in [0.15, 0.2) is 23.1 Å². The molecule has 1 aliphatic rings. The SMILES string of the molecule is C[C@@H](C(N)=O)N(C)c1nc2ccc(Oc3cc(F)c(F)c(F)c3)nc2n1C1CCC1. The number of imidazole rings is 1. The van der Waals surface area contributed by atoms with Gasteiger partial charge in [-0.2, -0.15) is 4.98 Å². The first-order valence-electron chi connectivity index (χ1n) is 9.49. The fraction of sp³-hybridized carbons (Fsp3) is 0.350. The summed E-state index contributed by atoms with van der Waals surface area (Å²) in [5.74, 6) is -4.35. The van der Waals surface area contributed by atoms with Gasteiger partial charge in [0.2, 0.25) is 17.7 Å². The number of fused-ring (bicyclic) bond motifs is 1. The Morgan fingerprint density at radius 3 is 2.47 bits per heavy atom. The molecule has 1 aliphatic carbocycles. The molecular weight excluding hydrogens is 399 g/mol. The van der Waals surface area contributed by atoms with Crippen LogP contribution < -0.4 is 15.4 Å². The summed E-state index contributed by atoms with van der Waals surface area (Å²) in [5, 5.41) is 0. The van der Waals surface area contributed by atoms with Crippen molar-refractivity contribution < 1.29 is 22.7 Å². The van der Waals surface area contributed by atoms with Gasteiger partial charge in [-0.3, -0.25) is 9.36 Å². The van der Waals surface area contributed by atoms with Gasteiger partial charge in [-0.25, -0.2) is 18.2 Å². The monoisotopic (exact) mass is 419 g/mol. The molecule has 3 aromatic rings. The quantitative estimate of drug-likeness (QED) is 0.616. The first-order valence-corrected chi connectivity index (χ1v) is 9.49. The van der Waals surface area contributed by atoms with Gasteiger partial charge in [-0.05, 0) is 32.3 Å². The Bertz CT molecular complexity index is 1110. The van der Waals surface area contributed by atoms with Crippen LogP contribution in [0.15, 0.2) is 24.3 Å². The molecule has 0 aliphatic heterocycles. The van der Waals surface area contributed by atoms with E-state index in [9.17, 15) is 18.0 Å². The van der Waals surface area contributed by atoms with Crippen LogP contribution in [-0.4, -0.2) is 33.5 Å². The molecule has 1 saturated carbocycles. The van der Waals surface area contributed by atoms with Crippen LogP contribution >= 0.6 is 0 Å². The van der Waals surface area contributed by atoms with Crippen LogP contribution in [0.5, 0.6) is 11.6 Å². The molecule has 0 bridgehead atoms. The number of hydrogen-bond donors (Lipinski definition) is 1. The molecule has 2 N–H and O–H groups in total. The van der Waals surface area contributed by atoms with Gasteiger partial charge >= 0.3 is 0 Å². The van der Waals surface area contributed by atoms with Crippen molar-refractivity contribution in [2.24, 2.45) is 5.73 Å². The Balaban J connectivity index is 1.75. The third-order valence-corrected chi connectivity index (χ3v) is 5.42. The first-order chi connectivity index (χ1) is 14.3. The second kappa shape index (κ2) is 7.51. The van der Waals surface area contributed by atoms with Crippen molar-refractivity contribution in [2.45, 2.75) is 38.3 Å². The smallest absolute Gasteiger partial charge is 0.239 e. The number of anilines is 1. The minimum absolute atomic E-state index is 0.0746. The fourth-order valence-corrected chi connectivity index (χ4v) is 3.31. The van der Waals surface area contributed by atoms with Crippen LogP contribution in [0, 0.1) is 17.5 Å². The Hall–Kier alpha value is -3.30. The topological polar surface area (TPSA) is 86.3 Å². The van der Waals surface area contributed by atoms with Gasteiger partial charge < -0.3 is 15.4 Å². The van der Waals surface area contributed by atoms with Crippen LogP contribution in [-0.2, 0) is 4.79 Å². The number of benzene rings is 1. The number of amides is 1. The number of aromatic nitrogens is 3. The molecule has 158 valence electrons. The maximum atomic E-state index is 13.5. The van der Waals surface area contributed by atoms with E-state index in [0.717, 1.165) is 31.4 Å². The molecule has 2 heterocycles. The second-order valence-electron chi connectivity index (χ2n) is 7.35. The number of rotatable bonds is 6. The zero-order valence-corrected chi connectivity index (χ0v) is 16.4. The molecule has 0 saturated heterocycles. The Morgan fingerprint density at radius 2 is 1.90 bits per heavy atom. The molecule has 2 aromatic heterocycles. The summed E-state index contributed by atoms with van der Waals surface area (Å²) in [6.07, 6.45) is 2.92. The van der Waals surface area contributed by atoms with Crippen molar-refractivity contribution in [3.8, 4) is 11.6 Å². The zero-order valence-electron chi connectivity index (χ0n) is 16.4. The summed E-state index contributed by atoms with van der Waals surface area (Å²) in [6.45, 7) is 1.69. The molecule has 30 heavy (non-hydrogen) atoms. The predicted octanol–water partition coefficient (Wildman–Crippen LogP) is 3.68. The van der Waals surface area contributed by atoms with E-state index in [1.54, 1.807) is 24.9 Å². The van der Waals surface area contributed by atoms with Crippen LogP contribution in [0.1, 0.15) is 32.2 Å². The van der Waals surface area contributed by atoms with Gasteiger partial charge in [0.1, 0.15) is 17.3 Å². The van der Waals surface area contributed by atoms with E-state index in [-0.39, 0.29) is 17.7 Å². The van der Waals surface area contributed by atoms with E-state index < -0.39 is 29.4 Å². The highest BCUT2D eigenvalue weighted by Crippen LogP contribution is 2.38. The number of hydrogen-bond acceptors (Lipinski definition) is 5. The minimum atomic E-state index is -1.56. The van der Waals surface area contributed by atoms with Crippen molar-refractivity contribution in [1.82, 2.24) is 14.5 Å². The summed E-state index contributed by atoms with van der Waals surface area (Å²) in [5.41, 5.74) is 6.53. The zero-order chi connectivity index (χ0) is 21.6. The molecule has 0 spiro atoms. The van der Waals surface area contributed by atoms with Crippen molar-refractivity contribution in [3.05, 3.63) is 41.7 Å². The lowest BCUT2D eigenvalue weighted by Gasteiger charge is -2.32. The van der Waals surface area contributed by atoms with Gasteiger partial charge in [0, 0.05) is 31.3 Å². The van der Waals surface area contributed by atoms with Gasteiger partial charge in [0.05, 0.1) is 0 Å². The highest BCUT2D eigenvalue weighted by Gasteiger charge is 2.29. The van der Waals surface area contributed by atoms with Crippen LogP contribution in [0.3, 0.4) is 0 Å². The molecule has 10 heteroatoms. The van der Waals surface area contributed by atoms with Crippen LogP contribution in [0.25, 0.3) is 11.2 Å². The van der Waals surface area contributed by atoms with Gasteiger partial charge in [0.25, 0.3) is 0 Å². The highest BCUT2D eigenvalue weighted by molar-refractivity contribution is 5.84. The molecule has 1 fully saturated rings. The number of pyridine rings is 1. The fourth-order valence-electron chi connectivity index (χ4n) is 3.31. The predicted molar refractivity (Wildman–Crippen MR) is 104 cm³/mol. The Morgan fingerprint density at radius 1 is 1.23 bits per heavy atom. The van der Waals surface area contributed by atoms with Crippen molar-refractivity contribution in [3.63, 3.8) is 0 Å². The summed E-state index contributed by atoms with van der Waals surface area (Å²) in [6, 6.07) is 4.23. The molecular formula is C20H20F3N5O2. The molecule has 4 rings (SSSR count). The van der Waals surface area contributed by atoms with E-state index >= 15 is 0 Å². The first kappa shape index (κ1) is 20.0. The van der Waals surface area contributed by atoms with E-state index in [1.165, 1.54) is 6.07 Å². The number of halogens is 3. The number of ether oxygens (including phenoxy) is 1. The maximum Gasteiger partial charge on any atom is 0.239 e. The average molecular weight is 419 g/mol. The number of nitrogens with zero attached hydrogens (tertiary/aromatic N) is 4. The molecule has 7 nitrogen and oxygen atoms in total. The third-order valence-electron chi connectivity index (χ3n) is 5.42. The normalized spacial score (nSPS) is 15.1. The molecule has 1 atom stereocenters. The van der Waals surface area contributed by atoms with Gasteiger partial charge in [-0.1, -0.05) is 0 Å². The standard InChI is InChI=1S/C20H20F3N5O2/c1-10(18(24)29)27(2)20-25-15-6-7-16(26-19(15)28(20)11-4-3-5-11)30-12-8-13(21)17(23)14(22)9-12/h6-11H,3-5H2,1-2H3,(H2,24,29)/t10-/m0/s1. The number of nitrogens with two attached hydrogens (primary N) is 1. The summed E-state index contributed by atoms with van der Waals surface area (Å²) in [4.78, 5) is 22.4. The number of likely N-dealkylation sites (N-methyl/N-ethyl adjacent to an activating group) is 1. The molecule has 1 amide bonds. The van der Waals surface area contributed by atoms with E-state index in [4.69, 9.17) is 10.5 Å². The minimum Gasteiger partial charge on any atom is -0.439 e. The summed E-state index contributed by atoms with van der Waals surface area (Å²) < 4.78 is 47.5. The third kappa shape index (κ3) is 3.42. The maximum absolute atomic E-state index is 13.5. The van der Waals surface area contributed by atoms with Crippen molar-refractivity contribution >= 4 is 23.0 Å². The second-order valence-corrected chi connectivity index (χ2v) is 7.35. The van der Waals surface area contributed by atoms with Crippen molar-refractivity contribution in [1.29, 1.82) is 0 Å². The van der Waals surface area contributed by atoms with E-state index in [0.29, 0.717) is 17.1 Å². The summed E-state index contributed by atoms with van der Waals surface area (Å²) >= 11 is 0. The number of carbonyl (C=O) groups is 1. The number of primary amides is 1. The number of carbonyl (C=O) groups excluding carboxylic acids is 1. The summed E-state index contributed by atoms with van der Waals surface area (Å²) in [7, 11) is 1.73. The molecule has 1 aromatic carbocycles. The molecule has 0 radical (unpaired) electrons. The highest BCUT2D eigenvalue weighted by atomic mass is 19.2. The van der Waals surface area contributed by atoms with Crippen LogP contribution in [0.4, 0.5) is 19.1 Å². The van der Waals surface area contributed by atoms with E-state index in [2.05, 4.69) is 9.97 Å². The van der Waals surface area contributed by atoms with Crippen LogP contribution in [0.2, 0.25) is 0 Å². The Labute approximate surface area is 170 Å². The average Bonchev–Trinajstić information content (AvgIpc) is 3.02. The lowest BCUT2D eigenvalue weighted by atomic mass is 9.93. The lowest BCUT2D eigenvalue weighted by molar-refractivity contribution is -0.118. The lowest BCUT2D eigenvalue weighted by Crippen LogP contribution is -2.42. The molecule has 0 unspecified atom stereocenters. The Kier molecular flexibility index (Phi) is 5.00. The van der Waals surface area contributed by atoms with E-state index in [1.807, 2.05) is 4.57 Å². The van der Waals surface area contributed by atoms with Gasteiger partial charge in [-0.15, -0.1) is 0 Å².